The number of urea groups is 1. The van der Waals surface area contributed by atoms with Crippen molar-refractivity contribution in [2.45, 2.75) is 24.8 Å². The van der Waals surface area contributed by atoms with Crippen LogP contribution in [0.2, 0.25) is 5.02 Å². The number of nitrogens with one attached hydrogen (secondary N) is 4. The molecule has 1 heterocycles. The highest BCUT2D eigenvalue weighted by Gasteiger charge is 2.54. The summed E-state index contributed by atoms with van der Waals surface area (Å²) in [6.07, 6.45) is 2.22. The summed E-state index contributed by atoms with van der Waals surface area (Å²) in [4.78, 5) is 35.5. The molecule has 7 nitrogen and oxygen atoms in total. The number of amides is 4. The van der Waals surface area contributed by atoms with E-state index in [0.717, 1.165) is 12.8 Å². The van der Waals surface area contributed by atoms with Crippen LogP contribution >= 0.6 is 11.6 Å². The molecule has 2 fully saturated rings. The maximum atomic E-state index is 12.1. The van der Waals surface area contributed by atoms with Crippen molar-refractivity contribution in [2.75, 3.05) is 18.4 Å². The van der Waals surface area contributed by atoms with Crippen LogP contribution in [0, 0.1) is 5.92 Å². The number of imide groups is 1. The van der Waals surface area contributed by atoms with Gasteiger partial charge < -0.3 is 16.0 Å². The van der Waals surface area contributed by atoms with Gasteiger partial charge in [-0.2, -0.15) is 0 Å². The predicted octanol–water partition coefficient (Wildman–Crippen LogP) is 1.25. The Morgan fingerprint density at radius 2 is 2.12 bits per heavy atom. The van der Waals surface area contributed by atoms with Crippen LogP contribution in [-0.2, 0) is 9.59 Å². The molecule has 4 amide bonds. The smallest absolute Gasteiger partial charge is 0.322 e. The Hall–Kier alpha value is -2.28. The van der Waals surface area contributed by atoms with E-state index in [4.69, 9.17) is 11.6 Å². The van der Waals surface area contributed by atoms with Crippen LogP contribution < -0.4 is 21.3 Å². The third-order valence-corrected chi connectivity index (χ3v) is 4.98. The van der Waals surface area contributed by atoms with E-state index in [0.29, 0.717) is 23.7 Å². The second kappa shape index (κ2) is 6.68. The molecule has 2 aliphatic rings. The number of halogens is 1. The number of para-hydroxylation sites is 1. The summed E-state index contributed by atoms with van der Waals surface area (Å²) in [5, 5.41) is 11.4. The fourth-order valence-electron chi connectivity index (χ4n) is 3.40. The number of benzene rings is 1. The van der Waals surface area contributed by atoms with Crippen LogP contribution in [0.5, 0.6) is 0 Å². The van der Waals surface area contributed by atoms with E-state index in [1.807, 2.05) is 12.1 Å². The van der Waals surface area contributed by atoms with Crippen LogP contribution in [0.25, 0.3) is 0 Å². The van der Waals surface area contributed by atoms with E-state index in [9.17, 15) is 14.4 Å². The van der Waals surface area contributed by atoms with Gasteiger partial charge in [-0.3, -0.25) is 14.9 Å². The largest absolute Gasteiger partial charge is 0.375 e. The molecule has 1 aliphatic carbocycles. The van der Waals surface area contributed by atoms with Crippen LogP contribution in [0.4, 0.5) is 10.5 Å². The van der Waals surface area contributed by atoms with E-state index in [1.54, 1.807) is 12.1 Å². The minimum Gasteiger partial charge on any atom is -0.375 e. The van der Waals surface area contributed by atoms with Crippen molar-refractivity contribution in [2.24, 2.45) is 5.92 Å². The summed E-state index contributed by atoms with van der Waals surface area (Å²) in [6.45, 7) is 0.429. The quantitative estimate of drug-likeness (QED) is 0.600. The van der Waals surface area contributed by atoms with E-state index >= 15 is 0 Å². The lowest BCUT2D eigenvalue weighted by atomic mass is 9.87. The summed E-state index contributed by atoms with van der Waals surface area (Å²) < 4.78 is 0. The Balaban J connectivity index is 1.52. The van der Waals surface area contributed by atoms with Crippen molar-refractivity contribution in [1.29, 1.82) is 0 Å². The summed E-state index contributed by atoms with van der Waals surface area (Å²) in [7, 11) is 0. The summed E-state index contributed by atoms with van der Waals surface area (Å²) in [6, 6.07) is 6.72. The molecule has 2 atom stereocenters. The normalized spacial score (nSPS) is 25.5. The maximum Gasteiger partial charge on any atom is 0.322 e. The molecule has 8 heteroatoms. The lowest BCUT2D eigenvalue weighted by Crippen LogP contribution is -2.53. The Kier molecular flexibility index (Phi) is 4.62. The zero-order valence-corrected chi connectivity index (χ0v) is 13.8. The molecule has 1 saturated carbocycles. The van der Waals surface area contributed by atoms with Crippen LogP contribution in [-0.4, -0.2) is 36.5 Å². The van der Waals surface area contributed by atoms with Gasteiger partial charge >= 0.3 is 6.03 Å². The van der Waals surface area contributed by atoms with Gasteiger partial charge in [0.15, 0.2) is 0 Å². The summed E-state index contributed by atoms with van der Waals surface area (Å²) >= 11 is 6.02. The summed E-state index contributed by atoms with van der Waals surface area (Å²) in [5.74, 6) is -0.589. The van der Waals surface area contributed by atoms with Gasteiger partial charge in [-0.05, 0) is 25.0 Å². The van der Waals surface area contributed by atoms with Gasteiger partial charge in [0.1, 0.15) is 5.54 Å². The molecule has 1 aliphatic heterocycles. The third-order valence-electron chi connectivity index (χ3n) is 4.65. The fraction of sp³-hybridized carbons (Fsp3) is 0.438. The van der Waals surface area contributed by atoms with E-state index < -0.39 is 11.6 Å². The van der Waals surface area contributed by atoms with Crippen molar-refractivity contribution in [1.82, 2.24) is 16.0 Å². The standard InChI is InChI=1S/C16H19ClN4O3/c17-11-5-1-2-6-12(11)18-9-13(22)19-8-10-4-3-7-16(10)14(23)20-15(24)21-16/h1-2,5-6,10,18H,3-4,7-9H2,(H,19,22)(H2,20,21,23,24)/t10-,16-/m0/s1. The minimum atomic E-state index is -0.874. The second-order valence-corrected chi connectivity index (χ2v) is 6.51. The first kappa shape index (κ1) is 16.6. The van der Waals surface area contributed by atoms with E-state index in [-0.39, 0.29) is 24.3 Å². The molecule has 1 aromatic carbocycles. The number of carbonyl (C=O) groups is 3. The average molecular weight is 351 g/mol. The van der Waals surface area contributed by atoms with Crippen molar-refractivity contribution >= 4 is 35.1 Å². The number of hydrogen-bond donors (Lipinski definition) is 4. The number of rotatable bonds is 5. The van der Waals surface area contributed by atoms with E-state index in [2.05, 4.69) is 21.3 Å². The number of anilines is 1. The lowest BCUT2D eigenvalue weighted by Gasteiger charge is -2.28. The van der Waals surface area contributed by atoms with Gasteiger partial charge in [-0.1, -0.05) is 30.2 Å². The molecular formula is C16H19ClN4O3. The van der Waals surface area contributed by atoms with Crippen molar-refractivity contribution in [3.05, 3.63) is 29.3 Å². The first-order valence-corrected chi connectivity index (χ1v) is 8.28. The van der Waals surface area contributed by atoms with Crippen molar-refractivity contribution in [3.8, 4) is 0 Å². The Bertz CT molecular complexity index is 681. The van der Waals surface area contributed by atoms with Gasteiger partial charge in [0.25, 0.3) is 5.91 Å². The molecular weight excluding hydrogens is 332 g/mol. The molecule has 0 unspecified atom stereocenters. The zero-order valence-electron chi connectivity index (χ0n) is 13.0. The molecule has 24 heavy (non-hydrogen) atoms. The molecule has 4 N–H and O–H groups in total. The Labute approximate surface area is 144 Å². The van der Waals surface area contributed by atoms with E-state index in [1.165, 1.54) is 0 Å². The Morgan fingerprint density at radius 3 is 2.83 bits per heavy atom. The first-order valence-electron chi connectivity index (χ1n) is 7.90. The molecule has 128 valence electrons. The number of carbonyl (C=O) groups excluding carboxylic acids is 3. The molecule has 1 aromatic rings. The van der Waals surface area contributed by atoms with Crippen LogP contribution in [0.1, 0.15) is 19.3 Å². The topological polar surface area (TPSA) is 99.3 Å². The second-order valence-electron chi connectivity index (χ2n) is 6.11. The monoisotopic (exact) mass is 350 g/mol. The average Bonchev–Trinajstić information content (AvgIpc) is 3.08. The predicted molar refractivity (Wildman–Crippen MR) is 89.7 cm³/mol. The zero-order chi connectivity index (χ0) is 17.2. The Morgan fingerprint density at radius 1 is 1.33 bits per heavy atom. The third kappa shape index (κ3) is 3.17. The molecule has 0 bridgehead atoms. The molecule has 1 saturated heterocycles. The highest BCUT2D eigenvalue weighted by atomic mass is 35.5. The minimum absolute atomic E-state index is 0.0853. The maximum absolute atomic E-state index is 12.1. The van der Waals surface area contributed by atoms with Gasteiger partial charge in [0.2, 0.25) is 5.91 Å². The highest BCUT2D eigenvalue weighted by Crippen LogP contribution is 2.37. The van der Waals surface area contributed by atoms with Crippen LogP contribution in [0.15, 0.2) is 24.3 Å². The summed E-state index contributed by atoms with van der Waals surface area (Å²) in [5.41, 5.74) is -0.186. The first-order chi connectivity index (χ1) is 11.5. The number of hydrogen-bond acceptors (Lipinski definition) is 4. The fourth-order valence-corrected chi connectivity index (χ4v) is 3.61. The van der Waals surface area contributed by atoms with Crippen molar-refractivity contribution in [3.63, 3.8) is 0 Å². The van der Waals surface area contributed by atoms with Gasteiger partial charge in [-0.15, -0.1) is 0 Å². The van der Waals surface area contributed by atoms with Crippen LogP contribution in [0.3, 0.4) is 0 Å². The van der Waals surface area contributed by atoms with Crippen molar-refractivity contribution < 1.29 is 14.4 Å². The molecule has 1 spiro atoms. The molecule has 0 aromatic heterocycles. The lowest BCUT2D eigenvalue weighted by molar-refractivity contribution is -0.126. The van der Waals surface area contributed by atoms with Gasteiger partial charge in [-0.25, -0.2) is 4.79 Å². The van der Waals surface area contributed by atoms with Gasteiger partial charge in [0.05, 0.1) is 17.3 Å². The highest BCUT2D eigenvalue weighted by molar-refractivity contribution is 6.33. The SMILES string of the molecule is O=C(CNc1ccccc1Cl)NC[C@@H]1CCC[C@]12NC(=O)NC2=O. The molecule has 3 rings (SSSR count). The molecule has 0 radical (unpaired) electrons. The van der Waals surface area contributed by atoms with Gasteiger partial charge in [0, 0.05) is 12.5 Å².